The summed E-state index contributed by atoms with van der Waals surface area (Å²) in [5.74, 6) is 0. The lowest BCUT2D eigenvalue weighted by Gasteiger charge is -2.11. The maximum absolute atomic E-state index is 11.8. The van der Waals surface area contributed by atoms with E-state index in [0.717, 1.165) is 0 Å². The molecule has 0 rings (SSSR count). The van der Waals surface area contributed by atoms with E-state index in [0.29, 0.717) is 0 Å². The van der Waals surface area contributed by atoms with Gasteiger partial charge >= 0.3 is 0 Å². The summed E-state index contributed by atoms with van der Waals surface area (Å²) in [6.45, 7) is -1.50. The standard InChI is InChI=1S/C4H7F3O2/c5-1-2(6)3(8)4(7)9/h2-4,8-9H,1H2. The van der Waals surface area contributed by atoms with Gasteiger partial charge in [0.25, 0.3) is 0 Å². The van der Waals surface area contributed by atoms with Gasteiger partial charge in [-0.15, -0.1) is 0 Å². The Bertz CT molecular complexity index is 78.2. The summed E-state index contributed by atoms with van der Waals surface area (Å²) in [6, 6.07) is 0. The van der Waals surface area contributed by atoms with Gasteiger partial charge in [-0.1, -0.05) is 0 Å². The van der Waals surface area contributed by atoms with Crippen molar-refractivity contribution in [3.05, 3.63) is 0 Å². The molecule has 3 atom stereocenters. The third kappa shape index (κ3) is 2.67. The third-order valence-electron chi connectivity index (χ3n) is 0.800. The van der Waals surface area contributed by atoms with Gasteiger partial charge < -0.3 is 10.2 Å². The zero-order chi connectivity index (χ0) is 7.44. The molecule has 0 aliphatic carbocycles. The minimum Gasteiger partial charge on any atom is -0.384 e. The average Bonchev–Trinajstić information content (AvgIpc) is 1.84. The van der Waals surface area contributed by atoms with Gasteiger partial charge in [0, 0.05) is 0 Å². The van der Waals surface area contributed by atoms with Gasteiger partial charge in [0.05, 0.1) is 0 Å². The molecule has 0 aromatic carbocycles. The summed E-state index contributed by atoms with van der Waals surface area (Å²) < 4.78 is 34.4. The SMILES string of the molecule is OC(F)C(O)C(F)CF. The van der Waals surface area contributed by atoms with Crippen LogP contribution in [0.5, 0.6) is 0 Å². The van der Waals surface area contributed by atoms with Crippen LogP contribution < -0.4 is 0 Å². The van der Waals surface area contributed by atoms with E-state index in [1.807, 2.05) is 0 Å². The molecular formula is C4H7F3O2. The molecule has 0 aliphatic heterocycles. The topological polar surface area (TPSA) is 40.5 Å². The van der Waals surface area contributed by atoms with Crippen LogP contribution in [0.15, 0.2) is 0 Å². The zero-order valence-corrected chi connectivity index (χ0v) is 4.47. The number of hydrogen-bond acceptors (Lipinski definition) is 2. The minimum absolute atomic E-state index is 1.50. The first-order valence-corrected chi connectivity index (χ1v) is 2.30. The highest BCUT2D eigenvalue weighted by molar-refractivity contribution is 4.67. The maximum atomic E-state index is 11.8. The van der Waals surface area contributed by atoms with Gasteiger partial charge in [-0.05, 0) is 0 Å². The summed E-state index contributed by atoms with van der Waals surface area (Å²) in [7, 11) is 0. The first kappa shape index (κ1) is 8.71. The van der Waals surface area contributed by atoms with E-state index >= 15 is 0 Å². The maximum Gasteiger partial charge on any atom is 0.225 e. The molecule has 0 saturated heterocycles. The molecule has 0 aromatic rings. The summed E-state index contributed by atoms with van der Waals surface area (Å²) >= 11 is 0. The Hall–Kier alpha value is -0.290. The van der Waals surface area contributed by atoms with Crippen LogP contribution in [0.25, 0.3) is 0 Å². The Morgan fingerprint density at radius 2 is 1.67 bits per heavy atom. The summed E-state index contributed by atoms with van der Waals surface area (Å²) in [6.07, 6.45) is -7.32. The van der Waals surface area contributed by atoms with Gasteiger partial charge in [-0.2, -0.15) is 0 Å². The van der Waals surface area contributed by atoms with Crippen LogP contribution in [-0.4, -0.2) is 35.5 Å². The van der Waals surface area contributed by atoms with Crippen molar-refractivity contribution in [1.29, 1.82) is 0 Å². The van der Waals surface area contributed by atoms with Crippen LogP contribution in [0, 0.1) is 0 Å². The van der Waals surface area contributed by atoms with E-state index in [1.165, 1.54) is 0 Å². The van der Waals surface area contributed by atoms with E-state index in [9.17, 15) is 13.2 Å². The monoisotopic (exact) mass is 144 g/mol. The van der Waals surface area contributed by atoms with Crippen molar-refractivity contribution in [3.8, 4) is 0 Å². The number of alkyl halides is 3. The van der Waals surface area contributed by atoms with Gasteiger partial charge in [0.1, 0.15) is 12.8 Å². The second-order valence-electron chi connectivity index (χ2n) is 1.53. The molecule has 5 heteroatoms. The number of rotatable bonds is 3. The Morgan fingerprint density at radius 3 is 1.78 bits per heavy atom. The summed E-state index contributed by atoms with van der Waals surface area (Å²) in [5.41, 5.74) is 0. The number of hydrogen-bond donors (Lipinski definition) is 2. The Balaban J connectivity index is 3.58. The molecule has 0 bridgehead atoms. The molecule has 56 valence electrons. The van der Waals surface area contributed by atoms with Gasteiger partial charge in [-0.3, -0.25) is 0 Å². The number of halogens is 3. The zero-order valence-electron chi connectivity index (χ0n) is 4.47. The van der Waals surface area contributed by atoms with Crippen LogP contribution in [0.3, 0.4) is 0 Å². The lowest BCUT2D eigenvalue weighted by Crippen LogP contribution is -2.33. The molecule has 0 fully saturated rings. The highest BCUT2D eigenvalue weighted by Crippen LogP contribution is 2.05. The number of aliphatic hydroxyl groups is 2. The Kier molecular flexibility index (Phi) is 3.56. The second kappa shape index (κ2) is 3.68. The van der Waals surface area contributed by atoms with Crippen LogP contribution in [0.1, 0.15) is 0 Å². The Labute approximate surface area is 49.9 Å². The van der Waals surface area contributed by atoms with Gasteiger partial charge in [0.15, 0.2) is 6.17 Å². The fourth-order valence-corrected chi connectivity index (χ4v) is 0.264. The lowest BCUT2D eigenvalue weighted by atomic mass is 10.2. The molecule has 2 N–H and O–H groups in total. The van der Waals surface area contributed by atoms with E-state index in [4.69, 9.17) is 10.2 Å². The average molecular weight is 144 g/mol. The van der Waals surface area contributed by atoms with Crippen LogP contribution >= 0.6 is 0 Å². The predicted molar refractivity (Wildman–Crippen MR) is 24.0 cm³/mol. The van der Waals surface area contributed by atoms with Crippen molar-refractivity contribution in [1.82, 2.24) is 0 Å². The van der Waals surface area contributed by atoms with Gasteiger partial charge in [-0.25, -0.2) is 13.2 Å². The van der Waals surface area contributed by atoms with Crippen molar-refractivity contribution in [2.75, 3.05) is 6.67 Å². The first-order chi connectivity index (χ1) is 4.09. The van der Waals surface area contributed by atoms with Crippen molar-refractivity contribution in [3.63, 3.8) is 0 Å². The van der Waals surface area contributed by atoms with E-state index in [2.05, 4.69) is 0 Å². The van der Waals surface area contributed by atoms with E-state index in [1.54, 1.807) is 0 Å². The van der Waals surface area contributed by atoms with Crippen LogP contribution in [0.4, 0.5) is 13.2 Å². The fourth-order valence-electron chi connectivity index (χ4n) is 0.264. The van der Waals surface area contributed by atoms with Crippen LogP contribution in [0.2, 0.25) is 0 Å². The molecule has 0 aromatic heterocycles. The lowest BCUT2D eigenvalue weighted by molar-refractivity contribution is -0.0991. The molecule has 0 aliphatic rings. The van der Waals surface area contributed by atoms with E-state index < -0.39 is 25.3 Å². The molecular weight excluding hydrogens is 137 g/mol. The second-order valence-corrected chi connectivity index (χ2v) is 1.53. The Morgan fingerprint density at radius 1 is 1.22 bits per heavy atom. The molecule has 2 nitrogen and oxygen atoms in total. The van der Waals surface area contributed by atoms with Crippen LogP contribution in [-0.2, 0) is 0 Å². The summed E-state index contributed by atoms with van der Waals surface area (Å²) in [4.78, 5) is 0. The van der Waals surface area contributed by atoms with E-state index in [-0.39, 0.29) is 0 Å². The summed E-state index contributed by atoms with van der Waals surface area (Å²) in [5, 5.41) is 16.0. The normalized spacial score (nSPS) is 21.0. The largest absolute Gasteiger partial charge is 0.384 e. The van der Waals surface area contributed by atoms with Crippen molar-refractivity contribution < 1.29 is 23.4 Å². The molecule has 0 saturated carbocycles. The molecule has 0 radical (unpaired) electrons. The third-order valence-corrected chi connectivity index (χ3v) is 0.800. The molecule has 3 unspecified atom stereocenters. The predicted octanol–water partition coefficient (Wildman–Crippen LogP) is -0.0572. The smallest absolute Gasteiger partial charge is 0.225 e. The first-order valence-electron chi connectivity index (χ1n) is 2.30. The molecule has 0 spiro atoms. The quantitative estimate of drug-likeness (QED) is 0.582. The highest BCUT2D eigenvalue weighted by atomic mass is 19.2. The number of aliphatic hydroxyl groups excluding tert-OH is 2. The van der Waals surface area contributed by atoms with Crippen molar-refractivity contribution >= 4 is 0 Å². The molecule has 0 amide bonds. The van der Waals surface area contributed by atoms with Crippen molar-refractivity contribution in [2.24, 2.45) is 0 Å². The highest BCUT2D eigenvalue weighted by Gasteiger charge is 2.25. The minimum atomic E-state index is -2.71. The van der Waals surface area contributed by atoms with Gasteiger partial charge in [0.2, 0.25) is 6.36 Å². The van der Waals surface area contributed by atoms with Crippen molar-refractivity contribution in [2.45, 2.75) is 18.6 Å². The fraction of sp³-hybridized carbons (Fsp3) is 1.00. The molecule has 0 heterocycles. The molecule has 9 heavy (non-hydrogen) atoms.